The molecule has 4 heteroatoms. The highest BCUT2D eigenvalue weighted by Crippen LogP contribution is 2.27. The van der Waals surface area contributed by atoms with Gasteiger partial charge in [0.2, 0.25) is 0 Å². The molecule has 1 aromatic carbocycles. The first kappa shape index (κ1) is 11.3. The van der Waals surface area contributed by atoms with E-state index >= 15 is 0 Å². The summed E-state index contributed by atoms with van der Waals surface area (Å²) in [6.07, 6.45) is 0.905. The molecule has 1 aliphatic heterocycles. The van der Waals surface area contributed by atoms with Gasteiger partial charge in [-0.1, -0.05) is 12.1 Å². The van der Waals surface area contributed by atoms with Gasteiger partial charge in [0.25, 0.3) is 0 Å². The second-order valence-corrected chi connectivity index (χ2v) is 3.23. The van der Waals surface area contributed by atoms with E-state index < -0.39 is 12.7 Å². The Hall–Kier alpha value is -0.800. The number of benzene rings is 1. The van der Waals surface area contributed by atoms with Crippen LogP contribution in [0.3, 0.4) is 0 Å². The molecule has 1 heterocycles. The van der Waals surface area contributed by atoms with Gasteiger partial charge >= 0.3 is 0 Å². The summed E-state index contributed by atoms with van der Waals surface area (Å²) in [5.74, 6) is 0.912. The lowest BCUT2D eigenvalue weighted by Gasteiger charge is -2.08. The second-order valence-electron chi connectivity index (χ2n) is 3.23. The molecule has 78 valence electrons. The van der Waals surface area contributed by atoms with Crippen molar-refractivity contribution in [3.05, 3.63) is 29.3 Å². The summed E-state index contributed by atoms with van der Waals surface area (Å²) in [7, 11) is 0. The molecule has 0 saturated heterocycles. The monoisotopic (exact) mass is 217 g/mol. The van der Waals surface area contributed by atoms with Crippen LogP contribution < -0.4 is 10.5 Å². The van der Waals surface area contributed by atoms with Crippen molar-refractivity contribution in [1.82, 2.24) is 0 Å². The SMILES string of the molecule is Cl.N[C@@H](CF)c1ccc2c(c1)CCO2. The number of hydrogen-bond donors (Lipinski definition) is 1. The first-order valence-corrected chi connectivity index (χ1v) is 4.38. The minimum atomic E-state index is -0.514. The van der Waals surface area contributed by atoms with Gasteiger partial charge in [0, 0.05) is 6.42 Å². The molecule has 0 aromatic heterocycles. The Labute approximate surface area is 88.7 Å². The van der Waals surface area contributed by atoms with Crippen LogP contribution in [0.2, 0.25) is 0 Å². The lowest BCUT2D eigenvalue weighted by Crippen LogP contribution is -2.12. The van der Waals surface area contributed by atoms with Crippen LogP contribution in [-0.4, -0.2) is 13.3 Å². The average molecular weight is 218 g/mol. The van der Waals surface area contributed by atoms with Crippen LogP contribution in [0, 0.1) is 0 Å². The topological polar surface area (TPSA) is 35.2 Å². The van der Waals surface area contributed by atoms with E-state index in [1.165, 1.54) is 0 Å². The van der Waals surface area contributed by atoms with Gasteiger partial charge in [0.05, 0.1) is 12.6 Å². The minimum Gasteiger partial charge on any atom is -0.493 e. The maximum Gasteiger partial charge on any atom is 0.122 e. The van der Waals surface area contributed by atoms with E-state index in [9.17, 15) is 4.39 Å². The molecule has 0 saturated carbocycles. The van der Waals surface area contributed by atoms with E-state index in [-0.39, 0.29) is 12.4 Å². The fraction of sp³-hybridized carbons (Fsp3) is 0.400. The Morgan fingerprint density at radius 2 is 2.29 bits per heavy atom. The summed E-state index contributed by atoms with van der Waals surface area (Å²) in [5, 5.41) is 0. The molecule has 0 amide bonds. The predicted octanol–water partition coefficient (Wildman–Crippen LogP) is 2.01. The second kappa shape index (κ2) is 4.62. The lowest BCUT2D eigenvalue weighted by molar-refractivity contribution is 0.356. The number of rotatable bonds is 2. The number of nitrogens with two attached hydrogens (primary N) is 1. The molecule has 2 nitrogen and oxygen atoms in total. The fourth-order valence-electron chi connectivity index (χ4n) is 1.53. The summed E-state index contributed by atoms with van der Waals surface area (Å²) < 4.78 is 17.6. The molecule has 0 spiro atoms. The fourth-order valence-corrected chi connectivity index (χ4v) is 1.53. The third-order valence-electron chi connectivity index (χ3n) is 2.31. The summed E-state index contributed by atoms with van der Waals surface area (Å²) in [6.45, 7) is 0.212. The zero-order chi connectivity index (χ0) is 9.26. The van der Waals surface area contributed by atoms with Crippen molar-refractivity contribution in [3.8, 4) is 5.75 Å². The van der Waals surface area contributed by atoms with E-state index in [1.807, 2.05) is 18.2 Å². The molecule has 1 aliphatic rings. The van der Waals surface area contributed by atoms with Crippen molar-refractivity contribution in [2.75, 3.05) is 13.3 Å². The van der Waals surface area contributed by atoms with Crippen LogP contribution in [0.5, 0.6) is 5.75 Å². The van der Waals surface area contributed by atoms with Crippen LogP contribution in [0.15, 0.2) is 18.2 Å². The molecule has 0 unspecified atom stereocenters. The largest absolute Gasteiger partial charge is 0.493 e. The van der Waals surface area contributed by atoms with Gasteiger partial charge in [-0.2, -0.15) is 0 Å². The number of hydrogen-bond acceptors (Lipinski definition) is 2. The first-order valence-electron chi connectivity index (χ1n) is 4.38. The predicted molar refractivity (Wildman–Crippen MR) is 55.8 cm³/mol. The summed E-state index contributed by atoms with van der Waals surface area (Å²) in [6, 6.07) is 5.14. The highest BCUT2D eigenvalue weighted by molar-refractivity contribution is 5.85. The molecule has 0 bridgehead atoms. The van der Waals surface area contributed by atoms with Crippen molar-refractivity contribution in [2.24, 2.45) is 5.73 Å². The molecule has 0 aliphatic carbocycles. The third-order valence-corrected chi connectivity index (χ3v) is 2.31. The molecule has 2 rings (SSSR count). The Kier molecular flexibility index (Phi) is 3.72. The van der Waals surface area contributed by atoms with E-state index in [2.05, 4.69) is 0 Å². The van der Waals surface area contributed by atoms with Crippen LogP contribution in [0.25, 0.3) is 0 Å². The number of alkyl halides is 1. The Bertz CT molecular complexity index is 319. The molecule has 14 heavy (non-hydrogen) atoms. The molecule has 1 atom stereocenters. The standard InChI is InChI=1S/C10H12FNO.ClH/c11-6-9(12)7-1-2-10-8(5-7)3-4-13-10;/h1-2,5,9H,3-4,6,12H2;1H/t9-;/m0./s1. The normalized spacial score (nSPS) is 15.3. The zero-order valence-electron chi connectivity index (χ0n) is 7.70. The highest BCUT2D eigenvalue weighted by Gasteiger charge is 2.14. The average Bonchev–Trinajstić information content (AvgIpc) is 2.63. The highest BCUT2D eigenvalue weighted by atomic mass is 35.5. The zero-order valence-corrected chi connectivity index (χ0v) is 8.52. The van der Waals surface area contributed by atoms with Gasteiger partial charge in [-0.15, -0.1) is 12.4 Å². The van der Waals surface area contributed by atoms with E-state index in [0.717, 1.165) is 29.9 Å². The smallest absolute Gasteiger partial charge is 0.122 e. The third kappa shape index (κ3) is 1.99. The van der Waals surface area contributed by atoms with Crippen molar-refractivity contribution in [1.29, 1.82) is 0 Å². The molecule has 0 radical (unpaired) electrons. The first-order chi connectivity index (χ1) is 6.31. The van der Waals surface area contributed by atoms with E-state index in [0.29, 0.717) is 0 Å². The summed E-state index contributed by atoms with van der Waals surface area (Å²) in [5.41, 5.74) is 7.57. The molecule has 0 fully saturated rings. The number of halogens is 2. The number of fused-ring (bicyclic) bond motifs is 1. The van der Waals surface area contributed by atoms with Crippen molar-refractivity contribution < 1.29 is 9.13 Å². The van der Waals surface area contributed by atoms with Crippen LogP contribution >= 0.6 is 12.4 Å². The minimum absolute atomic E-state index is 0. The van der Waals surface area contributed by atoms with Gasteiger partial charge < -0.3 is 10.5 Å². The van der Waals surface area contributed by atoms with Gasteiger partial charge in [-0.3, -0.25) is 0 Å². The van der Waals surface area contributed by atoms with Crippen molar-refractivity contribution >= 4 is 12.4 Å². The van der Waals surface area contributed by atoms with Gasteiger partial charge in [-0.25, -0.2) is 4.39 Å². The summed E-state index contributed by atoms with van der Waals surface area (Å²) in [4.78, 5) is 0. The van der Waals surface area contributed by atoms with Crippen molar-refractivity contribution in [3.63, 3.8) is 0 Å². The lowest BCUT2D eigenvalue weighted by atomic mass is 10.0. The van der Waals surface area contributed by atoms with E-state index in [4.69, 9.17) is 10.5 Å². The maximum absolute atomic E-state index is 12.3. The van der Waals surface area contributed by atoms with Crippen LogP contribution in [0.1, 0.15) is 17.2 Å². The Morgan fingerprint density at radius 3 is 3.00 bits per heavy atom. The molecular weight excluding hydrogens is 205 g/mol. The van der Waals surface area contributed by atoms with Crippen LogP contribution in [-0.2, 0) is 6.42 Å². The Balaban J connectivity index is 0.000000980. The molecule has 1 aromatic rings. The Morgan fingerprint density at radius 1 is 1.50 bits per heavy atom. The van der Waals surface area contributed by atoms with Crippen LogP contribution in [0.4, 0.5) is 4.39 Å². The summed E-state index contributed by atoms with van der Waals surface area (Å²) >= 11 is 0. The maximum atomic E-state index is 12.3. The van der Waals surface area contributed by atoms with Crippen molar-refractivity contribution in [2.45, 2.75) is 12.5 Å². The number of ether oxygens (including phenoxy) is 1. The quantitative estimate of drug-likeness (QED) is 0.823. The molecular formula is C10H13ClFNO. The van der Waals surface area contributed by atoms with Gasteiger partial charge in [0.1, 0.15) is 12.4 Å². The van der Waals surface area contributed by atoms with Gasteiger partial charge in [-0.05, 0) is 17.2 Å². The van der Waals surface area contributed by atoms with E-state index in [1.54, 1.807) is 0 Å². The van der Waals surface area contributed by atoms with Gasteiger partial charge in [0.15, 0.2) is 0 Å². The molecule has 2 N–H and O–H groups in total.